The largest absolute Gasteiger partial charge is 0.389 e. The van der Waals surface area contributed by atoms with Crippen LogP contribution in [0, 0.1) is 0 Å². The minimum Gasteiger partial charge on any atom is -0.389 e. The van der Waals surface area contributed by atoms with Crippen LogP contribution < -0.4 is 0 Å². The van der Waals surface area contributed by atoms with E-state index in [1.54, 1.807) is 0 Å². The predicted octanol–water partition coefficient (Wildman–Crippen LogP) is 2.98. The normalized spacial score (nSPS) is 32.5. The number of allylic oxidation sites excluding steroid dienone is 5. The van der Waals surface area contributed by atoms with E-state index in [9.17, 15) is 5.11 Å². The second-order valence-electron chi connectivity index (χ2n) is 3.33. The van der Waals surface area contributed by atoms with Gasteiger partial charge in [0.1, 0.15) is 0 Å². The molecule has 0 aliphatic heterocycles. The predicted molar refractivity (Wildman–Crippen MR) is 56.5 cm³/mol. The Bertz CT molecular complexity index is 201. The molecule has 0 amide bonds. The smallest absolute Gasteiger partial charge is 0.0724 e. The van der Waals surface area contributed by atoms with Crippen molar-refractivity contribution in [3.8, 4) is 0 Å². The van der Waals surface area contributed by atoms with E-state index in [-0.39, 0.29) is 6.10 Å². The van der Waals surface area contributed by atoms with Gasteiger partial charge in [0.15, 0.2) is 0 Å². The van der Waals surface area contributed by atoms with Gasteiger partial charge in [0, 0.05) is 0 Å². The minimum atomic E-state index is -0.266. The summed E-state index contributed by atoms with van der Waals surface area (Å²) in [5.74, 6) is 0. The van der Waals surface area contributed by atoms with Gasteiger partial charge in [-0.3, -0.25) is 0 Å². The molecule has 1 aliphatic carbocycles. The van der Waals surface area contributed by atoms with Crippen molar-refractivity contribution in [2.45, 2.75) is 38.2 Å². The van der Waals surface area contributed by atoms with E-state index in [2.05, 4.69) is 24.3 Å². The Balaban J connectivity index is 2.41. The average molecular weight is 178 g/mol. The minimum absolute atomic E-state index is 0.266. The highest BCUT2D eigenvalue weighted by Crippen LogP contribution is 2.04. The SMILES string of the molecule is OC1/C=C\C/C=C/CC/C=C\CC1. The summed E-state index contributed by atoms with van der Waals surface area (Å²) in [6.45, 7) is 0. The van der Waals surface area contributed by atoms with Crippen molar-refractivity contribution in [3.05, 3.63) is 36.5 Å². The first-order valence-electron chi connectivity index (χ1n) is 5.04. The molecular weight excluding hydrogens is 160 g/mol. The first-order chi connectivity index (χ1) is 6.39. The van der Waals surface area contributed by atoms with Gasteiger partial charge in [-0.2, -0.15) is 0 Å². The Morgan fingerprint density at radius 1 is 0.846 bits per heavy atom. The van der Waals surface area contributed by atoms with Gasteiger partial charge in [-0.25, -0.2) is 0 Å². The summed E-state index contributed by atoms with van der Waals surface area (Å²) in [5.41, 5.74) is 0. The molecule has 72 valence electrons. The molecule has 1 aliphatic rings. The van der Waals surface area contributed by atoms with E-state index in [0.717, 1.165) is 32.1 Å². The molecule has 0 spiro atoms. The fourth-order valence-corrected chi connectivity index (χ4v) is 1.32. The molecule has 0 aromatic carbocycles. The lowest BCUT2D eigenvalue weighted by Crippen LogP contribution is -2.00. The van der Waals surface area contributed by atoms with Crippen molar-refractivity contribution in [1.29, 1.82) is 0 Å². The van der Waals surface area contributed by atoms with E-state index in [4.69, 9.17) is 0 Å². The third kappa shape index (κ3) is 5.42. The molecular formula is C12H18O. The van der Waals surface area contributed by atoms with Crippen LogP contribution in [0.15, 0.2) is 36.5 Å². The van der Waals surface area contributed by atoms with Crippen LogP contribution in [-0.4, -0.2) is 11.2 Å². The van der Waals surface area contributed by atoms with Crippen LogP contribution in [0.2, 0.25) is 0 Å². The van der Waals surface area contributed by atoms with E-state index < -0.39 is 0 Å². The zero-order valence-electron chi connectivity index (χ0n) is 8.02. The van der Waals surface area contributed by atoms with Gasteiger partial charge in [0.05, 0.1) is 6.10 Å². The standard InChI is InChI=1S/C12H18O/c13-12-10-8-6-4-2-1-3-5-7-9-11-12/h2,4-5,7-8,10,12-13H,1,3,6,9,11H2/b4-2+,7-5-,10-8-. The van der Waals surface area contributed by atoms with Crippen LogP contribution in [0.5, 0.6) is 0 Å². The van der Waals surface area contributed by atoms with Crippen molar-refractivity contribution in [1.82, 2.24) is 0 Å². The maximum absolute atomic E-state index is 9.45. The summed E-state index contributed by atoms with van der Waals surface area (Å²) in [5, 5.41) is 9.45. The maximum atomic E-state index is 9.45. The molecule has 0 heterocycles. The Hall–Kier alpha value is -0.820. The third-order valence-electron chi connectivity index (χ3n) is 2.09. The summed E-state index contributed by atoms with van der Waals surface area (Å²) < 4.78 is 0. The first-order valence-corrected chi connectivity index (χ1v) is 5.04. The van der Waals surface area contributed by atoms with Crippen LogP contribution >= 0.6 is 0 Å². The zero-order chi connectivity index (χ0) is 9.36. The molecule has 13 heavy (non-hydrogen) atoms. The maximum Gasteiger partial charge on any atom is 0.0724 e. The van der Waals surface area contributed by atoms with Crippen molar-refractivity contribution in [2.75, 3.05) is 0 Å². The van der Waals surface area contributed by atoms with Gasteiger partial charge in [-0.1, -0.05) is 36.5 Å². The van der Waals surface area contributed by atoms with Gasteiger partial charge in [0.2, 0.25) is 0 Å². The fraction of sp³-hybridized carbons (Fsp3) is 0.500. The Morgan fingerprint density at radius 2 is 1.54 bits per heavy atom. The number of hydrogen-bond acceptors (Lipinski definition) is 1. The lowest BCUT2D eigenvalue weighted by Gasteiger charge is -2.02. The van der Waals surface area contributed by atoms with Gasteiger partial charge in [-0.05, 0) is 32.1 Å². The number of aliphatic hydroxyl groups excluding tert-OH is 1. The van der Waals surface area contributed by atoms with Crippen molar-refractivity contribution in [2.24, 2.45) is 0 Å². The highest BCUT2D eigenvalue weighted by Gasteiger charge is 1.95. The van der Waals surface area contributed by atoms with E-state index in [1.165, 1.54) is 0 Å². The van der Waals surface area contributed by atoms with E-state index >= 15 is 0 Å². The number of aliphatic hydroxyl groups is 1. The summed E-state index contributed by atoms with van der Waals surface area (Å²) in [6, 6.07) is 0. The van der Waals surface area contributed by atoms with Gasteiger partial charge < -0.3 is 5.11 Å². The molecule has 0 aromatic rings. The molecule has 0 fully saturated rings. The van der Waals surface area contributed by atoms with Crippen LogP contribution in [0.1, 0.15) is 32.1 Å². The van der Waals surface area contributed by atoms with Crippen LogP contribution in [0.4, 0.5) is 0 Å². The Labute approximate surface area is 80.5 Å². The average Bonchev–Trinajstić information content (AvgIpc) is 2.11. The summed E-state index contributed by atoms with van der Waals surface area (Å²) in [4.78, 5) is 0. The third-order valence-corrected chi connectivity index (χ3v) is 2.09. The summed E-state index contributed by atoms with van der Waals surface area (Å²) in [7, 11) is 0. The molecule has 0 saturated carbocycles. The molecule has 1 heteroatoms. The van der Waals surface area contributed by atoms with Crippen LogP contribution in [-0.2, 0) is 0 Å². The second-order valence-corrected chi connectivity index (χ2v) is 3.33. The zero-order valence-corrected chi connectivity index (χ0v) is 8.02. The van der Waals surface area contributed by atoms with Crippen LogP contribution in [0.25, 0.3) is 0 Å². The monoisotopic (exact) mass is 178 g/mol. The topological polar surface area (TPSA) is 20.2 Å². The quantitative estimate of drug-likeness (QED) is 0.565. The van der Waals surface area contributed by atoms with Crippen LogP contribution in [0.3, 0.4) is 0 Å². The van der Waals surface area contributed by atoms with Gasteiger partial charge >= 0.3 is 0 Å². The number of rotatable bonds is 0. The van der Waals surface area contributed by atoms with Crippen molar-refractivity contribution >= 4 is 0 Å². The van der Waals surface area contributed by atoms with Gasteiger partial charge in [0.25, 0.3) is 0 Å². The Morgan fingerprint density at radius 3 is 2.38 bits per heavy atom. The Kier molecular flexibility index (Phi) is 5.27. The molecule has 0 aromatic heterocycles. The van der Waals surface area contributed by atoms with Crippen molar-refractivity contribution in [3.63, 3.8) is 0 Å². The molecule has 0 bridgehead atoms. The first kappa shape index (κ1) is 10.3. The van der Waals surface area contributed by atoms with E-state index in [0.29, 0.717) is 0 Å². The lowest BCUT2D eigenvalue weighted by atomic mass is 10.1. The van der Waals surface area contributed by atoms with Gasteiger partial charge in [-0.15, -0.1) is 0 Å². The molecule has 1 nitrogen and oxygen atoms in total. The molecule has 1 atom stereocenters. The second kappa shape index (κ2) is 6.67. The number of hydrogen-bond donors (Lipinski definition) is 1. The van der Waals surface area contributed by atoms with E-state index in [1.807, 2.05) is 12.2 Å². The summed E-state index contributed by atoms with van der Waals surface area (Å²) in [6.07, 6.45) is 17.4. The fourth-order valence-electron chi connectivity index (χ4n) is 1.32. The highest BCUT2D eigenvalue weighted by molar-refractivity contribution is 4.98. The molecule has 1 unspecified atom stereocenters. The molecule has 0 radical (unpaired) electrons. The highest BCUT2D eigenvalue weighted by atomic mass is 16.3. The summed E-state index contributed by atoms with van der Waals surface area (Å²) >= 11 is 0. The molecule has 1 N–H and O–H groups in total. The molecule has 0 saturated heterocycles. The molecule has 1 rings (SSSR count). The lowest BCUT2D eigenvalue weighted by molar-refractivity contribution is 0.213. The van der Waals surface area contributed by atoms with Crippen molar-refractivity contribution < 1.29 is 5.11 Å².